The highest BCUT2D eigenvalue weighted by molar-refractivity contribution is 5.80. The van der Waals surface area contributed by atoms with E-state index in [9.17, 15) is 0 Å². The minimum Gasteiger partial charge on any atom is -0.357 e. The van der Waals surface area contributed by atoms with Crippen LogP contribution in [0, 0.1) is 12.8 Å². The first kappa shape index (κ1) is 21.9. The Bertz CT molecular complexity index is 613. The summed E-state index contributed by atoms with van der Waals surface area (Å²) in [6.45, 7) is 14.1. The highest BCUT2D eigenvalue weighted by atomic mass is 15.2. The number of hydrogen-bond donors (Lipinski definition) is 2. The van der Waals surface area contributed by atoms with Crippen molar-refractivity contribution in [3.8, 4) is 0 Å². The lowest BCUT2D eigenvalue weighted by Gasteiger charge is -2.34. The maximum Gasteiger partial charge on any atom is 0.191 e. The Morgan fingerprint density at radius 2 is 1.86 bits per heavy atom. The van der Waals surface area contributed by atoms with E-state index in [1.807, 2.05) is 6.20 Å². The van der Waals surface area contributed by atoms with E-state index in [-0.39, 0.29) is 0 Å². The van der Waals surface area contributed by atoms with E-state index >= 15 is 0 Å². The maximum atomic E-state index is 4.88. The van der Waals surface area contributed by atoms with E-state index in [0.29, 0.717) is 6.04 Å². The number of aromatic nitrogens is 1. The molecular formula is C23H40N6. The largest absolute Gasteiger partial charge is 0.357 e. The van der Waals surface area contributed by atoms with Crippen molar-refractivity contribution in [3.05, 3.63) is 23.9 Å². The topological polar surface area (TPSA) is 55.8 Å². The van der Waals surface area contributed by atoms with Crippen molar-refractivity contribution in [2.24, 2.45) is 10.9 Å². The van der Waals surface area contributed by atoms with Crippen LogP contribution in [-0.2, 0) is 0 Å². The van der Waals surface area contributed by atoms with Crippen LogP contribution >= 0.6 is 0 Å². The molecule has 0 atom stereocenters. The van der Waals surface area contributed by atoms with Gasteiger partial charge in [0.05, 0.1) is 0 Å². The molecule has 0 aromatic carbocycles. The highest BCUT2D eigenvalue weighted by Gasteiger charge is 2.21. The minimum absolute atomic E-state index is 0.488. The van der Waals surface area contributed by atoms with Gasteiger partial charge in [0.15, 0.2) is 5.96 Å². The Morgan fingerprint density at radius 1 is 1.10 bits per heavy atom. The normalized spacial score (nSPS) is 20.1. The van der Waals surface area contributed by atoms with Gasteiger partial charge >= 0.3 is 0 Å². The van der Waals surface area contributed by atoms with E-state index in [0.717, 1.165) is 56.7 Å². The van der Waals surface area contributed by atoms with Crippen molar-refractivity contribution in [1.82, 2.24) is 20.5 Å². The molecule has 3 rings (SSSR count). The van der Waals surface area contributed by atoms with Gasteiger partial charge in [0.1, 0.15) is 5.82 Å². The molecule has 0 spiro atoms. The number of aliphatic imine (C=N–C) groups is 1. The standard InChI is InChI=1S/C23H40N6/c1-4-24-23(25-13-8-20-9-14-28(5-2)15-10-20)27-21-11-16-29(17-12-21)22-7-6-19(3)18-26-22/h6-7,18,20-21H,4-5,8-17H2,1-3H3,(H2,24,25,27). The van der Waals surface area contributed by atoms with Crippen molar-refractivity contribution >= 4 is 11.8 Å². The Labute approximate surface area is 177 Å². The number of hydrogen-bond acceptors (Lipinski definition) is 4. The summed E-state index contributed by atoms with van der Waals surface area (Å²) in [4.78, 5) is 14.4. The summed E-state index contributed by atoms with van der Waals surface area (Å²) in [5.41, 5.74) is 1.22. The van der Waals surface area contributed by atoms with Gasteiger partial charge < -0.3 is 20.4 Å². The number of piperidine rings is 2. The lowest BCUT2D eigenvalue weighted by atomic mass is 9.94. The fraction of sp³-hybridized carbons (Fsp3) is 0.739. The highest BCUT2D eigenvalue weighted by Crippen LogP contribution is 2.20. The van der Waals surface area contributed by atoms with Gasteiger partial charge in [-0.3, -0.25) is 4.99 Å². The van der Waals surface area contributed by atoms with Crippen LogP contribution in [-0.4, -0.2) is 67.7 Å². The number of anilines is 1. The molecule has 0 bridgehead atoms. The molecule has 0 saturated carbocycles. The summed E-state index contributed by atoms with van der Waals surface area (Å²) in [6, 6.07) is 4.77. The first-order chi connectivity index (χ1) is 14.2. The van der Waals surface area contributed by atoms with E-state index in [1.165, 1.54) is 44.5 Å². The molecule has 3 heterocycles. The lowest BCUT2D eigenvalue weighted by Crippen LogP contribution is -2.49. The summed E-state index contributed by atoms with van der Waals surface area (Å²) >= 11 is 0. The third-order valence-electron chi connectivity index (χ3n) is 6.36. The van der Waals surface area contributed by atoms with Crippen LogP contribution in [0.5, 0.6) is 0 Å². The fourth-order valence-electron chi connectivity index (χ4n) is 4.36. The predicted molar refractivity (Wildman–Crippen MR) is 123 cm³/mol. The molecule has 0 aliphatic carbocycles. The number of rotatable bonds is 7. The second kappa shape index (κ2) is 11.4. The molecule has 2 saturated heterocycles. The van der Waals surface area contributed by atoms with Crippen LogP contribution < -0.4 is 15.5 Å². The molecule has 1 aromatic heterocycles. The van der Waals surface area contributed by atoms with Crippen molar-refractivity contribution in [2.45, 2.75) is 58.9 Å². The van der Waals surface area contributed by atoms with Crippen molar-refractivity contribution in [1.29, 1.82) is 0 Å². The molecule has 2 N–H and O–H groups in total. The zero-order valence-corrected chi connectivity index (χ0v) is 18.7. The Morgan fingerprint density at radius 3 is 2.48 bits per heavy atom. The zero-order chi connectivity index (χ0) is 20.5. The molecule has 1 aromatic rings. The molecule has 2 fully saturated rings. The number of likely N-dealkylation sites (tertiary alicyclic amines) is 1. The van der Waals surface area contributed by atoms with Crippen LogP contribution in [0.2, 0.25) is 0 Å². The van der Waals surface area contributed by atoms with Crippen LogP contribution in [0.25, 0.3) is 0 Å². The predicted octanol–water partition coefficient (Wildman–Crippen LogP) is 3.04. The van der Waals surface area contributed by atoms with Crippen LogP contribution in [0.4, 0.5) is 5.82 Å². The molecule has 29 heavy (non-hydrogen) atoms. The van der Waals surface area contributed by atoms with Gasteiger partial charge in [-0.15, -0.1) is 0 Å². The summed E-state index contributed by atoms with van der Waals surface area (Å²) < 4.78 is 0. The van der Waals surface area contributed by atoms with Gasteiger partial charge in [-0.05, 0) is 83.1 Å². The van der Waals surface area contributed by atoms with Crippen LogP contribution in [0.3, 0.4) is 0 Å². The SMILES string of the molecule is CCNC(=NCCC1CCN(CC)CC1)NC1CCN(c2ccc(C)cn2)CC1. The van der Waals surface area contributed by atoms with Gasteiger partial charge in [0, 0.05) is 38.4 Å². The lowest BCUT2D eigenvalue weighted by molar-refractivity contribution is 0.188. The van der Waals surface area contributed by atoms with Gasteiger partial charge in [-0.2, -0.15) is 0 Å². The van der Waals surface area contributed by atoms with Crippen LogP contribution in [0.1, 0.15) is 51.5 Å². The fourth-order valence-corrected chi connectivity index (χ4v) is 4.36. The molecular weight excluding hydrogens is 360 g/mol. The van der Waals surface area contributed by atoms with E-state index in [2.05, 4.69) is 58.3 Å². The Balaban J connectivity index is 1.42. The summed E-state index contributed by atoms with van der Waals surface area (Å²) in [5.74, 6) is 2.93. The number of nitrogens with zero attached hydrogens (tertiary/aromatic N) is 4. The first-order valence-corrected chi connectivity index (χ1v) is 11.6. The number of aryl methyl sites for hydroxylation is 1. The molecule has 6 nitrogen and oxygen atoms in total. The number of guanidine groups is 1. The van der Waals surface area contributed by atoms with Crippen molar-refractivity contribution in [2.75, 3.05) is 50.7 Å². The second-order valence-electron chi connectivity index (χ2n) is 8.53. The number of nitrogens with one attached hydrogen (secondary N) is 2. The molecule has 162 valence electrons. The molecule has 0 unspecified atom stereocenters. The average molecular weight is 401 g/mol. The first-order valence-electron chi connectivity index (χ1n) is 11.6. The van der Waals surface area contributed by atoms with Gasteiger partial charge in [-0.1, -0.05) is 13.0 Å². The molecule has 2 aliphatic rings. The summed E-state index contributed by atoms with van der Waals surface area (Å²) in [5, 5.41) is 7.11. The molecule has 6 heteroatoms. The smallest absolute Gasteiger partial charge is 0.191 e. The number of pyridine rings is 1. The quantitative estimate of drug-likeness (QED) is 0.544. The van der Waals surface area contributed by atoms with Crippen LogP contribution in [0.15, 0.2) is 23.3 Å². The summed E-state index contributed by atoms with van der Waals surface area (Å²) in [7, 11) is 0. The Kier molecular flexibility index (Phi) is 8.59. The molecule has 2 aliphatic heterocycles. The second-order valence-corrected chi connectivity index (χ2v) is 8.53. The molecule has 0 radical (unpaired) electrons. The van der Waals surface area contributed by atoms with E-state index in [4.69, 9.17) is 4.99 Å². The van der Waals surface area contributed by atoms with Crippen molar-refractivity contribution < 1.29 is 0 Å². The van der Waals surface area contributed by atoms with E-state index in [1.54, 1.807) is 0 Å². The monoisotopic (exact) mass is 400 g/mol. The average Bonchev–Trinajstić information content (AvgIpc) is 2.75. The zero-order valence-electron chi connectivity index (χ0n) is 18.7. The van der Waals surface area contributed by atoms with Crippen molar-refractivity contribution in [3.63, 3.8) is 0 Å². The van der Waals surface area contributed by atoms with Gasteiger partial charge in [0.25, 0.3) is 0 Å². The minimum atomic E-state index is 0.488. The third kappa shape index (κ3) is 6.88. The third-order valence-corrected chi connectivity index (χ3v) is 6.36. The maximum absolute atomic E-state index is 4.88. The molecule has 0 amide bonds. The van der Waals surface area contributed by atoms with Gasteiger partial charge in [0.2, 0.25) is 0 Å². The van der Waals surface area contributed by atoms with Gasteiger partial charge in [-0.25, -0.2) is 4.98 Å². The summed E-state index contributed by atoms with van der Waals surface area (Å²) in [6.07, 6.45) is 8.08. The van der Waals surface area contributed by atoms with E-state index < -0.39 is 0 Å². The Hall–Kier alpha value is -1.82.